The Labute approximate surface area is 138 Å². The van der Waals surface area contributed by atoms with E-state index in [-0.39, 0.29) is 11.4 Å². The Bertz CT molecular complexity index is 882. The third-order valence-electron chi connectivity index (χ3n) is 3.26. The number of thiophene rings is 1. The second-order valence-corrected chi connectivity index (χ2v) is 7.27. The smallest absolute Gasteiger partial charge is 0.244 e. The fraction of sp³-hybridized carbons (Fsp3) is 0.125. The Morgan fingerprint density at radius 3 is 2.74 bits per heavy atom. The average Bonchev–Trinajstić information content (AvgIpc) is 3.24. The van der Waals surface area contributed by atoms with Gasteiger partial charge in [0.05, 0.1) is 13.7 Å². The molecule has 0 aliphatic carbocycles. The molecule has 5 nitrogen and oxygen atoms in total. The molecule has 0 saturated carbocycles. The number of para-hydroxylation sites is 1. The van der Waals surface area contributed by atoms with Gasteiger partial charge in [-0.25, -0.2) is 13.1 Å². The number of methoxy groups -OCH3 is 1. The number of rotatable bonds is 6. The van der Waals surface area contributed by atoms with E-state index in [9.17, 15) is 8.42 Å². The van der Waals surface area contributed by atoms with Gasteiger partial charge in [0.1, 0.15) is 22.2 Å². The zero-order valence-corrected chi connectivity index (χ0v) is 14.0. The molecule has 0 spiro atoms. The Morgan fingerprint density at radius 1 is 1.17 bits per heavy atom. The van der Waals surface area contributed by atoms with Gasteiger partial charge >= 0.3 is 0 Å². The summed E-state index contributed by atoms with van der Waals surface area (Å²) in [6.07, 6.45) is 0. The zero-order valence-electron chi connectivity index (χ0n) is 12.4. The van der Waals surface area contributed by atoms with Crippen molar-refractivity contribution in [3.63, 3.8) is 0 Å². The quantitative estimate of drug-likeness (QED) is 0.739. The molecule has 0 saturated heterocycles. The van der Waals surface area contributed by atoms with Crippen LogP contribution in [-0.4, -0.2) is 15.5 Å². The number of benzene rings is 1. The van der Waals surface area contributed by atoms with E-state index < -0.39 is 10.0 Å². The lowest BCUT2D eigenvalue weighted by Crippen LogP contribution is -2.23. The first-order valence-corrected chi connectivity index (χ1v) is 9.27. The maximum atomic E-state index is 12.4. The summed E-state index contributed by atoms with van der Waals surface area (Å²) in [4.78, 5) is 0.104. The van der Waals surface area contributed by atoms with Gasteiger partial charge in [0.25, 0.3) is 0 Å². The predicted molar refractivity (Wildman–Crippen MR) is 89.0 cm³/mol. The molecule has 2 aromatic heterocycles. The zero-order chi connectivity index (χ0) is 16.3. The monoisotopic (exact) mass is 349 g/mol. The summed E-state index contributed by atoms with van der Waals surface area (Å²) in [5.74, 6) is 1.57. The van der Waals surface area contributed by atoms with Crippen LogP contribution in [0.5, 0.6) is 5.75 Å². The number of hydrogen-bond acceptors (Lipinski definition) is 5. The maximum absolute atomic E-state index is 12.4. The molecule has 0 fully saturated rings. The van der Waals surface area contributed by atoms with Crippen molar-refractivity contribution >= 4 is 21.4 Å². The van der Waals surface area contributed by atoms with Crippen LogP contribution >= 0.6 is 11.3 Å². The largest absolute Gasteiger partial charge is 0.495 e. The summed E-state index contributed by atoms with van der Waals surface area (Å²) in [5, 5.41) is 3.93. The Hall–Kier alpha value is -2.09. The summed E-state index contributed by atoms with van der Waals surface area (Å²) in [6, 6.07) is 12.0. The fourth-order valence-corrected chi connectivity index (χ4v) is 3.92. The molecule has 0 bridgehead atoms. The van der Waals surface area contributed by atoms with Gasteiger partial charge in [-0.2, -0.15) is 11.3 Å². The minimum atomic E-state index is -3.68. The maximum Gasteiger partial charge on any atom is 0.244 e. The second kappa shape index (κ2) is 6.57. The van der Waals surface area contributed by atoms with Crippen LogP contribution in [0.1, 0.15) is 5.76 Å². The highest BCUT2D eigenvalue weighted by Gasteiger charge is 2.19. The Balaban J connectivity index is 1.75. The molecule has 0 radical (unpaired) electrons. The Morgan fingerprint density at radius 2 is 2.00 bits per heavy atom. The van der Waals surface area contributed by atoms with Crippen molar-refractivity contribution in [2.24, 2.45) is 0 Å². The number of sulfonamides is 1. The van der Waals surface area contributed by atoms with Crippen LogP contribution in [0.2, 0.25) is 0 Å². The molecule has 0 amide bonds. The van der Waals surface area contributed by atoms with Crippen molar-refractivity contribution in [2.75, 3.05) is 7.11 Å². The van der Waals surface area contributed by atoms with Crippen LogP contribution in [0.25, 0.3) is 11.3 Å². The van der Waals surface area contributed by atoms with Crippen LogP contribution in [0.15, 0.2) is 62.5 Å². The van der Waals surface area contributed by atoms with Crippen LogP contribution < -0.4 is 9.46 Å². The fourth-order valence-electron chi connectivity index (χ4n) is 2.12. The van der Waals surface area contributed by atoms with Crippen LogP contribution in [-0.2, 0) is 16.6 Å². The lowest BCUT2D eigenvalue weighted by molar-refractivity contribution is 0.402. The minimum absolute atomic E-state index is 0.0739. The van der Waals surface area contributed by atoms with E-state index >= 15 is 0 Å². The average molecular weight is 349 g/mol. The summed E-state index contributed by atoms with van der Waals surface area (Å²) in [5.41, 5.74) is 0.980. The van der Waals surface area contributed by atoms with Gasteiger partial charge in [0.2, 0.25) is 10.0 Å². The molecule has 23 heavy (non-hydrogen) atoms. The molecular formula is C16H15NO4S2. The topological polar surface area (TPSA) is 68.5 Å². The van der Waals surface area contributed by atoms with E-state index in [1.54, 1.807) is 35.6 Å². The van der Waals surface area contributed by atoms with Crippen molar-refractivity contribution in [1.82, 2.24) is 4.72 Å². The van der Waals surface area contributed by atoms with Crippen LogP contribution in [0, 0.1) is 0 Å². The van der Waals surface area contributed by atoms with E-state index in [0.29, 0.717) is 11.5 Å². The molecule has 2 heterocycles. The SMILES string of the molecule is COc1ccccc1S(=O)(=O)NCc1ccc(-c2ccsc2)o1. The van der Waals surface area contributed by atoms with Gasteiger partial charge in [-0.05, 0) is 35.7 Å². The number of ether oxygens (including phenoxy) is 1. The van der Waals surface area contributed by atoms with Crippen molar-refractivity contribution in [1.29, 1.82) is 0 Å². The van der Waals surface area contributed by atoms with Crippen molar-refractivity contribution in [3.8, 4) is 17.1 Å². The van der Waals surface area contributed by atoms with Gasteiger partial charge in [-0.15, -0.1) is 0 Å². The molecule has 0 atom stereocenters. The molecule has 7 heteroatoms. The van der Waals surface area contributed by atoms with E-state index in [1.807, 2.05) is 22.9 Å². The summed E-state index contributed by atoms with van der Waals surface area (Å²) < 4.78 is 38.1. The van der Waals surface area contributed by atoms with Crippen molar-refractivity contribution < 1.29 is 17.6 Å². The first-order chi connectivity index (χ1) is 11.1. The van der Waals surface area contributed by atoms with E-state index in [0.717, 1.165) is 11.3 Å². The van der Waals surface area contributed by atoms with Crippen LogP contribution in [0.3, 0.4) is 0 Å². The van der Waals surface area contributed by atoms with Gasteiger partial charge < -0.3 is 9.15 Å². The first kappa shape index (κ1) is 15.8. The molecule has 120 valence electrons. The standard InChI is InChI=1S/C16H15NO4S2/c1-20-15-4-2-3-5-16(15)23(18,19)17-10-13-6-7-14(21-13)12-8-9-22-11-12/h2-9,11,17H,10H2,1H3. The second-order valence-electron chi connectivity index (χ2n) is 4.75. The highest BCUT2D eigenvalue weighted by molar-refractivity contribution is 7.89. The highest BCUT2D eigenvalue weighted by Crippen LogP contribution is 2.25. The minimum Gasteiger partial charge on any atom is -0.495 e. The van der Waals surface area contributed by atoms with Crippen molar-refractivity contribution in [3.05, 3.63) is 59.0 Å². The molecule has 1 N–H and O–H groups in total. The van der Waals surface area contributed by atoms with E-state index in [2.05, 4.69) is 4.72 Å². The first-order valence-electron chi connectivity index (χ1n) is 6.84. The number of furan rings is 1. The Kier molecular flexibility index (Phi) is 4.51. The van der Waals surface area contributed by atoms with Crippen LogP contribution in [0.4, 0.5) is 0 Å². The lowest BCUT2D eigenvalue weighted by atomic mass is 10.3. The number of nitrogens with one attached hydrogen (secondary N) is 1. The summed E-state index contributed by atoms with van der Waals surface area (Å²) in [6.45, 7) is 0.0739. The predicted octanol–water partition coefficient (Wildman–Crippen LogP) is 3.50. The highest BCUT2D eigenvalue weighted by atomic mass is 32.2. The molecule has 0 unspecified atom stereocenters. The number of hydrogen-bond donors (Lipinski definition) is 1. The van der Waals surface area contributed by atoms with E-state index in [1.165, 1.54) is 13.2 Å². The third-order valence-corrected chi connectivity index (χ3v) is 5.39. The third kappa shape index (κ3) is 3.47. The molecule has 0 aliphatic rings. The molecule has 1 aromatic carbocycles. The summed E-state index contributed by atoms with van der Waals surface area (Å²) in [7, 11) is -2.24. The molecule has 0 aliphatic heterocycles. The van der Waals surface area contributed by atoms with Gasteiger partial charge in [-0.1, -0.05) is 12.1 Å². The normalized spacial score (nSPS) is 11.5. The van der Waals surface area contributed by atoms with Gasteiger partial charge in [0.15, 0.2) is 0 Å². The van der Waals surface area contributed by atoms with Crippen molar-refractivity contribution in [2.45, 2.75) is 11.4 Å². The molecule has 3 rings (SSSR count). The summed E-state index contributed by atoms with van der Waals surface area (Å²) >= 11 is 1.58. The van der Waals surface area contributed by atoms with Gasteiger partial charge in [0, 0.05) is 10.9 Å². The molecular weight excluding hydrogens is 334 g/mol. The molecule has 3 aromatic rings. The van der Waals surface area contributed by atoms with Gasteiger partial charge in [-0.3, -0.25) is 0 Å². The van der Waals surface area contributed by atoms with E-state index in [4.69, 9.17) is 9.15 Å². The lowest BCUT2D eigenvalue weighted by Gasteiger charge is -2.09.